The average molecular weight is 568 g/mol. The maximum Gasteiger partial charge on any atom is 0.243 e. The number of hydrogen-bond acceptors (Lipinski definition) is 7. The normalized spacial score (nSPS) is 19.6. The number of fused-ring (bicyclic) bond motifs is 12. The summed E-state index contributed by atoms with van der Waals surface area (Å²) < 4.78 is 5.70. The SMILES string of the molecule is CC(C)NC(=O)[C@H](Cc1ccccc1)NCC(O)[C@@H]1Cc2ccc(cc2)OCCCC(=O)N[C@@H](CC(N)=O)C(=O)N1. The molecule has 2 aromatic rings. The first kappa shape index (κ1) is 31.6. The maximum absolute atomic E-state index is 13.3. The van der Waals surface area contributed by atoms with Gasteiger partial charge >= 0.3 is 0 Å². The number of aliphatic hydroxyl groups excluding tert-OH is 1. The van der Waals surface area contributed by atoms with E-state index in [1.807, 2.05) is 56.3 Å². The highest BCUT2D eigenvalue weighted by molar-refractivity contribution is 5.91. The van der Waals surface area contributed by atoms with Gasteiger partial charge in [0.15, 0.2) is 0 Å². The first-order valence-electron chi connectivity index (χ1n) is 14.0. The van der Waals surface area contributed by atoms with E-state index < -0.39 is 48.4 Å². The van der Waals surface area contributed by atoms with Crippen LogP contribution >= 0.6 is 0 Å². The third-order valence-electron chi connectivity index (χ3n) is 6.65. The van der Waals surface area contributed by atoms with Crippen molar-refractivity contribution in [3.63, 3.8) is 0 Å². The van der Waals surface area contributed by atoms with Crippen LogP contribution < -0.4 is 31.7 Å². The van der Waals surface area contributed by atoms with E-state index in [1.54, 1.807) is 12.1 Å². The smallest absolute Gasteiger partial charge is 0.243 e. The van der Waals surface area contributed by atoms with Gasteiger partial charge in [-0.1, -0.05) is 42.5 Å². The fourth-order valence-corrected chi connectivity index (χ4v) is 4.54. The number of benzene rings is 2. The van der Waals surface area contributed by atoms with Gasteiger partial charge in [0, 0.05) is 19.0 Å². The summed E-state index contributed by atoms with van der Waals surface area (Å²) >= 11 is 0. The van der Waals surface area contributed by atoms with Crippen molar-refractivity contribution in [2.75, 3.05) is 13.2 Å². The summed E-state index contributed by atoms with van der Waals surface area (Å²) in [7, 11) is 0. The Morgan fingerprint density at radius 2 is 1.78 bits per heavy atom. The summed E-state index contributed by atoms with van der Waals surface area (Å²) in [6, 6.07) is 14.1. The van der Waals surface area contributed by atoms with Gasteiger partial charge in [-0.25, -0.2) is 0 Å². The summed E-state index contributed by atoms with van der Waals surface area (Å²) in [6.07, 6.45) is -0.360. The molecule has 2 aromatic carbocycles. The largest absolute Gasteiger partial charge is 0.494 e. The Morgan fingerprint density at radius 3 is 2.44 bits per heavy atom. The predicted molar refractivity (Wildman–Crippen MR) is 154 cm³/mol. The Labute approximate surface area is 240 Å². The molecule has 2 bridgehead atoms. The van der Waals surface area contributed by atoms with Crippen LogP contribution in [0.2, 0.25) is 0 Å². The molecule has 0 saturated heterocycles. The first-order chi connectivity index (χ1) is 19.6. The number of hydrogen-bond donors (Lipinski definition) is 6. The molecule has 4 rings (SSSR count). The number of carbonyl (C=O) groups excluding carboxylic acids is 4. The molecule has 0 aliphatic carbocycles. The van der Waals surface area contributed by atoms with E-state index in [-0.39, 0.29) is 31.3 Å². The third-order valence-corrected chi connectivity index (χ3v) is 6.65. The second-order valence-corrected chi connectivity index (χ2v) is 10.6. The van der Waals surface area contributed by atoms with Gasteiger partial charge in [-0.3, -0.25) is 19.2 Å². The monoisotopic (exact) mass is 567 g/mol. The van der Waals surface area contributed by atoms with Crippen molar-refractivity contribution in [2.24, 2.45) is 5.73 Å². The number of primary amides is 1. The zero-order valence-electron chi connectivity index (χ0n) is 23.6. The number of aliphatic hydroxyl groups is 1. The van der Waals surface area contributed by atoms with E-state index in [0.29, 0.717) is 25.2 Å². The fourth-order valence-electron chi connectivity index (χ4n) is 4.54. The molecule has 11 heteroatoms. The highest BCUT2D eigenvalue weighted by Crippen LogP contribution is 2.16. The van der Waals surface area contributed by atoms with Crippen molar-refractivity contribution in [3.05, 3.63) is 65.7 Å². The second-order valence-electron chi connectivity index (χ2n) is 10.6. The molecule has 7 N–H and O–H groups in total. The van der Waals surface area contributed by atoms with Crippen molar-refractivity contribution in [2.45, 2.75) is 76.2 Å². The number of ether oxygens (including phenoxy) is 1. The quantitative estimate of drug-likeness (QED) is 0.240. The lowest BCUT2D eigenvalue weighted by atomic mass is 9.99. The molecule has 222 valence electrons. The molecule has 41 heavy (non-hydrogen) atoms. The first-order valence-corrected chi connectivity index (χ1v) is 14.0. The zero-order chi connectivity index (χ0) is 29.8. The van der Waals surface area contributed by atoms with E-state index in [9.17, 15) is 24.3 Å². The van der Waals surface area contributed by atoms with Gasteiger partial charge < -0.3 is 36.8 Å². The highest BCUT2D eigenvalue weighted by atomic mass is 16.5. The molecule has 4 amide bonds. The van der Waals surface area contributed by atoms with Crippen LogP contribution in [0.1, 0.15) is 44.2 Å². The minimum absolute atomic E-state index is 0.0119. The van der Waals surface area contributed by atoms with E-state index in [2.05, 4.69) is 21.3 Å². The summed E-state index contributed by atoms with van der Waals surface area (Å²) in [5, 5.41) is 22.7. The average Bonchev–Trinajstić information content (AvgIpc) is 2.93. The fraction of sp³-hybridized carbons (Fsp3) is 0.467. The van der Waals surface area contributed by atoms with Crippen LogP contribution in [-0.4, -0.2) is 72.2 Å². The Balaban J connectivity index is 1.81. The van der Waals surface area contributed by atoms with Gasteiger partial charge in [0.25, 0.3) is 0 Å². The van der Waals surface area contributed by atoms with Gasteiger partial charge in [0.2, 0.25) is 23.6 Å². The van der Waals surface area contributed by atoms with Gasteiger partial charge in [0.1, 0.15) is 11.8 Å². The van der Waals surface area contributed by atoms with Gasteiger partial charge in [-0.05, 0) is 56.4 Å². The molecule has 0 saturated carbocycles. The number of amides is 4. The van der Waals surface area contributed by atoms with E-state index >= 15 is 0 Å². The van der Waals surface area contributed by atoms with Crippen molar-refractivity contribution in [1.82, 2.24) is 21.3 Å². The van der Waals surface area contributed by atoms with E-state index in [4.69, 9.17) is 10.5 Å². The van der Waals surface area contributed by atoms with Crippen molar-refractivity contribution in [3.8, 4) is 5.75 Å². The van der Waals surface area contributed by atoms with E-state index in [1.165, 1.54) is 0 Å². The number of rotatable bonds is 10. The molecular weight excluding hydrogens is 526 g/mol. The van der Waals surface area contributed by atoms with Crippen LogP contribution in [0, 0.1) is 0 Å². The zero-order valence-corrected chi connectivity index (χ0v) is 23.6. The summed E-state index contributed by atoms with van der Waals surface area (Å²) in [6.45, 7) is 4.04. The Hall–Kier alpha value is -3.96. The highest BCUT2D eigenvalue weighted by Gasteiger charge is 2.29. The lowest BCUT2D eigenvalue weighted by molar-refractivity contribution is -0.132. The minimum Gasteiger partial charge on any atom is -0.494 e. The lowest BCUT2D eigenvalue weighted by Crippen LogP contribution is -2.57. The van der Waals surface area contributed by atoms with Crippen molar-refractivity contribution < 1.29 is 29.0 Å². The maximum atomic E-state index is 13.3. The van der Waals surface area contributed by atoms with Gasteiger partial charge in [-0.15, -0.1) is 0 Å². The molecule has 2 aliphatic heterocycles. The number of carbonyl (C=O) groups is 4. The van der Waals surface area contributed by atoms with Crippen LogP contribution in [0.3, 0.4) is 0 Å². The molecule has 0 fully saturated rings. The topological polar surface area (TPSA) is 172 Å². The third kappa shape index (κ3) is 10.8. The standard InChI is InChI=1S/C30H41N5O6/c1-19(2)33-29(39)24(16-20-7-4-3-5-8-20)32-18-26(36)23-15-21-10-12-22(13-11-21)41-14-6-9-28(38)34-25(17-27(31)37)30(40)35-23/h3-5,7-8,10-13,19,23-26,32,36H,6,9,14-18H2,1-2H3,(H2,31,37)(H,33,39)(H,34,38)(H,35,40)/t23-,24-,25-,26?/m0/s1. The molecule has 2 heterocycles. The number of nitrogens with one attached hydrogen (secondary N) is 4. The molecular formula is C30H41N5O6. The summed E-state index contributed by atoms with van der Waals surface area (Å²) in [5.41, 5.74) is 7.13. The molecule has 11 nitrogen and oxygen atoms in total. The molecule has 0 radical (unpaired) electrons. The van der Waals surface area contributed by atoms with Gasteiger partial charge in [0.05, 0.1) is 31.2 Å². The van der Waals surface area contributed by atoms with Crippen LogP contribution in [0.15, 0.2) is 54.6 Å². The molecule has 2 aliphatic rings. The Kier molecular flexibility index (Phi) is 12.1. The summed E-state index contributed by atoms with van der Waals surface area (Å²) in [4.78, 5) is 50.4. The summed E-state index contributed by atoms with van der Waals surface area (Å²) in [5.74, 6) is -1.37. The van der Waals surface area contributed by atoms with Crippen LogP contribution in [0.5, 0.6) is 5.75 Å². The van der Waals surface area contributed by atoms with Gasteiger partial charge in [-0.2, -0.15) is 0 Å². The molecule has 4 atom stereocenters. The molecule has 0 spiro atoms. The Bertz CT molecular complexity index is 1160. The lowest BCUT2D eigenvalue weighted by Gasteiger charge is -2.28. The van der Waals surface area contributed by atoms with Crippen LogP contribution in [0.25, 0.3) is 0 Å². The van der Waals surface area contributed by atoms with Crippen LogP contribution in [-0.2, 0) is 32.0 Å². The number of nitrogens with two attached hydrogens (primary N) is 1. The Morgan fingerprint density at radius 1 is 1.07 bits per heavy atom. The van der Waals surface area contributed by atoms with Crippen LogP contribution in [0.4, 0.5) is 0 Å². The minimum atomic E-state index is -1.20. The molecule has 0 aromatic heterocycles. The van der Waals surface area contributed by atoms with Crippen molar-refractivity contribution >= 4 is 23.6 Å². The van der Waals surface area contributed by atoms with E-state index in [0.717, 1.165) is 11.1 Å². The molecule has 1 unspecified atom stereocenters. The predicted octanol–water partition coefficient (Wildman–Crippen LogP) is 0.333. The second kappa shape index (κ2) is 15.7. The van der Waals surface area contributed by atoms with Crippen molar-refractivity contribution in [1.29, 1.82) is 0 Å².